The summed E-state index contributed by atoms with van der Waals surface area (Å²) in [5.74, 6) is -0.881. The van der Waals surface area contributed by atoms with E-state index in [0.29, 0.717) is 0 Å². The van der Waals surface area contributed by atoms with E-state index in [2.05, 4.69) is 15.7 Å². The normalized spacial score (nSPS) is 17.6. The van der Waals surface area contributed by atoms with Gasteiger partial charge in [-0.2, -0.15) is 0 Å². The van der Waals surface area contributed by atoms with Crippen LogP contribution < -0.4 is 10.5 Å². The number of nitrogens with one attached hydrogen (secondary N) is 1. The number of carbonyl (C=O) groups is 1. The van der Waals surface area contributed by atoms with Gasteiger partial charge < -0.3 is 10.4 Å². The Kier molecular flexibility index (Phi) is 5.05. The van der Waals surface area contributed by atoms with Crippen molar-refractivity contribution < 1.29 is 18.5 Å². The smallest absolute Gasteiger partial charge is 0.354 e. The Morgan fingerprint density at radius 1 is 1.24 bits per heavy atom. The molecule has 1 atom stereocenters. The highest BCUT2D eigenvalue weighted by Gasteiger charge is 2.29. The van der Waals surface area contributed by atoms with E-state index in [1.807, 2.05) is 0 Å². The van der Waals surface area contributed by atoms with Crippen molar-refractivity contribution in [1.82, 2.24) is 0 Å². The quantitative estimate of drug-likeness (QED) is 0.675. The number of anilines is 1. The minimum atomic E-state index is -3.78. The third-order valence-corrected chi connectivity index (χ3v) is 8.45. The van der Waals surface area contributed by atoms with Gasteiger partial charge in [-0.1, -0.05) is 6.07 Å². The van der Waals surface area contributed by atoms with Gasteiger partial charge in [-0.3, -0.25) is 0 Å². The summed E-state index contributed by atoms with van der Waals surface area (Å²) in [5.41, 5.74) is 4.00. The van der Waals surface area contributed by atoms with Gasteiger partial charge in [-0.25, -0.2) is 18.5 Å². The molecule has 9 heteroatoms. The number of nitrogens with zero attached hydrogens (tertiary/aromatic N) is 1. The first-order valence-electron chi connectivity index (χ1n) is 9.60. The Hall–Kier alpha value is -1.81. The second-order valence-electron chi connectivity index (χ2n) is 8.13. The first kappa shape index (κ1) is 20.5. The summed E-state index contributed by atoms with van der Waals surface area (Å²) in [6.45, 7) is 2.83. The topological polar surface area (TPSA) is 105 Å². The highest BCUT2D eigenvalue weighted by molar-refractivity contribution is 7.93. The van der Waals surface area contributed by atoms with Crippen LogP contribution in [0.5, 0.6) is 0 Å². The number of aryl methyl sites for hydroxylation is 2. The number of fused-ring (bicyclic) bond motifs is 2. The van der Waals surface area contributed by atoms with Gasteiger partial charge in [-0.05, 0) is 74.6 Å². The van der Waals surface area contributed by atoms with Gasteiger partial charge in [0.25, 0.3) is 0 Å². The predicted molar refractivity (Wildman–Crippen MR) is 112 cm³/mol. The molecule has 0 spiro atoms. The van der Waals surface area contributed by atoms with Crippen LogP contribution in [-0.4, -0.2) is 15.3 Å². The second-order valence-corrected chi connectivity index (χ2v) is 11.0. The fraction of sp³-hybridized carbons (Fsp3) is 0.450. The monoisotopic (exact) mass is 437 g/mol. The lowest BCUT2D eigenvalue weighted by Crippen LogP contribution is -2.20. The Morgan fingerprint density at radius 3 is 2.34 bits per heavy atom. The van der Waals surface area contributed by atoms with E-state index in [0.717, 1.165) is 66.7 Å². The Labute approximate surface area is 173 Å². The van der Waals surface area contributed by atoms with Crippen LogP contribution in [-0.2, 0) is 41.2 Å². The second kappa shape index (κ2) is 7.16. The molecule has 0 saturated heterocycles. The van der Waals surface area contributed by atoms with Crippen LogP contribution in [0.15, 0.2) is 20.0 Å². The van der Waals surface area contributed by atoms with Crippen molar-refractivity contribution in [3.8, 4) is 0 Å². The van der Waals surface area contributed by atoms with Crippen LogP contribution in [0.4, 0.5) is 14.9 Å². The molecule has 2 aromatic rings. The molecule has 4 rings (SSSR count). The van der Waals surface area contributed by atoms with Gasteiger partial charge in [-0.15, -0.1) is 15.7 Å². The Bertz CT molecular complexity index is 1090. The molecule has 2 aliphatic rings. The zero-order valence-electron chi connectivity index (χ0n) is 16.4. The van der Waals surface area contributed by atoms with Gasteiger partial charge in [0.2, 0.25) is 0 Å². The van der Waals surface area contributed by atoms with Crippen molar-refractivity contribution in [1.29, 1.82) is 0 Å². The first-order chi connectivity index (χ1) is 13.6. The predicted octanol–water partition coefficient (Wildman–Crippen LogP) is 4.02. The average Bonchev–Trinajstić information content (AvgIpc) is 3.31. The van der Waals surface area contributed by atoms with Crippen LogP contribution in [0.25, 0.3) is 0 Å². The number of urea groups is 1. The fourth-order valence-electron chi connectivity index (χ4n) is 4.20. The lowest BCUT2D eigenvalue weighted by atomic mass is 9.99. The van der Waals surface area contributed by atoms with E-state index in [1.54, 1.807) is 0 Å². The van der Waals surface area contributed by atoms with E-state index in [9.17, 15) is 18.5 Å². The number of nitrogens with two attached hydrogens (primary N) is 1. The molecule has 0 saturated carbocycles. The van der Waals surface area contributed by atoms with E-state index in [-0.39, 0.29) is 9.77 Å². The minimum absolute atomic E-state index is 0.0232. The fourth-order valence-corrected chi connectivity index (χ4v) is 6.58. The van der Waals surface area contributed by atoms with Crippen molar-refractivity contribution in [2.75, 3.05) is 5.32 Å². The molecule has 0 unspecified atom stereocenters. The van der Waals surface area contributed by atoms with Crippen molar-refractivity contribution in [3.05, 3.63) is 45.1 Å². The molecule has 2 amide bonds. The van der Waals surface area contributed by atoms with Crippen LogP contribution in [0.3, 0.4) is 0 Å². The minimum Gasteiger partial charge on any atom is -0.386 e. The molecular weight excluding hydrogens is 413 g/mol. The van der Waals surface area contributed by atoms with Gasteiger partial charge in [0.15, 0.2) is 19.9 Å². The van der Waals surface area contributed by atoms with Gasteiger partial charge in [0.1, 0.15) is 0 Å². The molecule has 0 bridgehead atoms. The van der Waals surface area contributed by atoms with Gasteiger partial charge in [0, 0.05) is 16.6 Å². The zero-order chi connectivity index (χ0) is 21.0. The zero-order valence-corrected chi connectivity index (χ0v) is 18.0. The number of aliphatic hydroxyl groups is 1. The molecule has 0 aliphatic heterocycles. The third kappa shape index (κ3) is 3.72. The molecule has 0 radical (unpaired) electrons. The molecule has 29 heavy (non-hydrogen) atoms. The molecule has 156 valence electrons. The summed E-state index contributed by atoms with van der Waals surface area (Å²) in [6.07, 6.45) is 5.79. The van der Waals surface area contributed by atoms with E-state index >= 15 is 0 Å². The van der Waals surface area contributed by atoms with Crippen LogP contribution >= 0.6 is 11.3 Å². The molecule has 6 nitrogen and oxygen atoms in total. The molecule has 2 aliphatic carbocycles. The number of hydrogen-bond donors (Lipinski definition) is 3. The number of thiophene rings is 1. The van der Waals surface area contributed by atoms with Gasteiger partial charge >= 0.3 is 6.03 Å². The van der Waals surface area contributed by atoms with Crippen LogP contribution in [0.1, 0.15) is 54.5 Å². The highest BCUT2D eigenvalue weighted by atomic mass is 32.2. The SMILES string of the molecule is CC(C)(O)c1csc([S@](N)(=O)=NC(=O)Nc2c3c(cc4c2CCC4)CCC3)c1F. The first-order valence-corrected chi connectivity index (χ1v) is 12.1. The number of amides is 2. The molecule has 4 N–H and O–H groups in total. The third-order valence-electron chi connectivity index (χ3n) is 5.55. The summed E-state index contributed by atoms with van der Waals surface area (Å²) in [7, 11) is -3.78. The lowest BCUT2D eigenvalue weighted by molar-refractivity contribution is 0.0748. The number of benzene rings is 1. The Balaban J connectivity index is 1.68. The number of halogens is 1. The van der Waals surface area contributed by atoms with E-state index in [1.165, 1.54) is 30.4 Å². The van der Waals surface area contributed by atoms with Crippen molar-refractivity contribution >= 4 is 33.0 Å². The maximum atomic E-state index is 14.7. The van der Waals surface area contributed by atoms with E-state index < -0.39 is 27.4 Å². The maximum Gasteiger partial charge on any atom is 0.354 e. The largest absolute Gasteiger partial charge is 0.386 e. The number of carbonyl (C=O) groups excluding carboxylic acids is 1. The average molecular weight is 438 g/mol. The summed E-state index contributed by atoms with van der Waals surface area (Å²) in [6, 6.07) is 1.40. The van der Waals surface area contributed by atoms with E-state index in [4.69, 9.17) is 5.14 Å². The van der Waals surface area contributed by atoms with Crippen LogP contribution in [0, 0.1) is 5.82 Å². The molecule has 0 fully saturated rings. The van der Waals surface area contributed by atoms with Crippen LogP contribution in [0.2, 0.25) is 0 Å². The summed E-state index contributed by atoms with van der Waals surface area (Å²) in [4.78, 5) is 12.6. The summed E-state index contributed by atoms with van der Waals surface area (Å²) >= 11 is 0.789. The summed E-state index contributed by atoms with van der Waals surface area (Å²) < 4.78 is 30.8. The molecular formula is C20H24FN3O3S2. The molecule has 1 aromatic heterocycles. The highest BCUT2D eigenvalue weighted by Crippen LogP contribution is 2.39. The van der Waals surface area contributed by atoms with Crippen molar-refractivity contribution in [2.45, 2.75) is 62.2 Å². The lowest BCUT2D eigenvalue weighted by Gasteiger charge is -2.16. The number of rotatable bonds is 3. The standard InChI is InChI=1S/C20H24FN3O3S2/c1-20(2,26)15-10-28-18(16(15)21)29(22,27)24-19(25)23-17-13-7-3-5-11(13)9-12-6-4-8-14(12)17/h9-10,26H,3-8H2,1-2H3,(H3,22,23,24,25,27)/t29-/m1/s1. The number of hydrogen-bond acceptors (Lipinski definition) is 4. The maximum absolute atomic E-state index is 14.7. The Morgan fingerprint density at radius 2 is 1.83 bits per heavy atom. The molecule has 1 aromatic carbocycles. The summed E-state index contributed by atoms with van der Waals surface area (Å²) in [5, 5.41) is 19.9. The van der Waals surface area contributed by atoms with Crippen molar-refractivity contribution in [3.63, 3.8) is 0 Å². The van der Waals surface area contributed by atoms with Gasteiger partial charge in [0.05, 0.1) is 5.60 Å². The van der Waals surface area contributed by atoms with Crippen molar-refractivity contribution in [2.24, 2.45) is 9.50 Å². The molecule has 1 heterocycles.